The van der Waals surface area contributed by atoms with Crippen molar-refractivity contribution in [2.24, 2.45) is 0 Å². The smallest absolute Gasteiger partial charge is 0.00697 e. The Balaban J connectivity index is 0.000000921. The van der Waals surface area contributed by atoms with Crippen molar-refractivity contribution in [3.05, 3.63) is 60.8 Å². The highest BCUT2D eigenvalue weighted by Gasteiger charge is 1.99. The topological polar surface area (TPSA) is 0 Å². The summed E-state index contributed by atoms with van der Waals surface area (Å²) in [5.74, 6) is 0. The van der Waals surface area contributed by atoms with E-state index in [-0.39, 0.29) is 0 Å². The molecule has 0 fully saturated rings. The molecule has 0 bridgehead atoms. The predicted octanol–water partition coefficient (Wildman–Crippen LogP) is 4.98. The van der Waals surface area contributed by atoms with E-state index in [1.54, 1.807) is 6.08 Å². The van der Waals surface area contributed by atoms with E-state index in [0.29, 0.717) is 0 Å². The molecule has 0 aromatic heterocycles. The summed E-state index contributed by atoms with van der Waals surface area (Å²) >= 11 is 0. The van der Waals surface area contributed by atoms with E-state index in [1.807, 2.05) is 26.0 Å². The molecule has 0 saturated heterocycles. The van der Waals surface area contributed by atoms with Crippen LogP contribution in [0.3, 0.4) is 0 Å². The molecular weight excluding hydrogens is 180 g/mol. The van der Waals surface area contributed by atoms with Crippen LogP contribution in [0.2, 0.25) is 0 Å². The van der Waals surface area contributed by atoms with E-state index in [2.05, 4.69) is 31.4 Å². The van der Waals surface area contributed by atoms with Crippen LogP contribution in [0.15, 0.2) is 60.8 Å². The zero-order valence-corrected chi connectivity index (χ0v) is 10.00. The fourth-order valence-electron chi connectivity index (χ4n) is 1.35. The second-order valence-corrected chi connectivity index (χ2v) is 3.22. The van der Waals surface area contributed by atoms with Gasteiger partial charge in [-0.25, -0.2) is 0 Å². The van der Waals surface area contributed by atoms with Gasteiger partial charge in [-0.3, -0.25) is 0 Å². The molecule has 0 atom stereocenters. The van der Waals surface area contributed by atoms with Crippen molar-refractivity contribution in [3.63, 3.8) is 0 Å². The van der Waals surface area contributed by atoms with Gasteiger partial charge in [0, 0.05) is 0 Å². The van der Waals surface area contributed by atoms with E-state index in [9.17, 15) is 0 Å². The molecule has 0 aromatic rings. The van der Waals surface area contributed by atoms with E-state index in [4.69, 9.17) is 0 Å². The Morgan fingerprint density at radius 1 is 1.47 bits per heavy atom. The molecule has 0 nitrogen and oxygen atoms in total. The van der Waals surface area contributed by atoms with Gasteiger partial charge in [-0.2, -0.15) is 0 Å². The van der Waals surface area contributed by atoms with Gasteiger partial charge in [0.15, 0.2) is 0 Å². The van der Waals surface area contributed by atoms with Gasteiger partial charge in [-0.1, -0.05) is 74.6 Å². The van der Waals surface area contributed by atoms with E-state index >= 15 is 0 Å². The molecule has 0 radical (unpaired) electrons. The number of allylic oxidation sites excluding steroid dienone is 8. The van der Waals surface area contributed by atoms with Crippen LogP contribution in [-0.4, -0.2) is 0 Å². The number of rotatable bonds is 4. The summed E-state index contributed by atoms with van der Waals surface area (Å²) in [5.41, 5.74) is 2.63. The maximum absolute atomic E-state index is 3.99. The van der Waals surface area contributed by atoms with Crippen molar-refractivity contribution in [1.82, 2.24) is 0 Å². The molecule has 0 N–H and O–H groups in total. The van der Waals surface area contributed by atoms with Crippen LogP contribution >= 0.6 is 0 Å². The molecule has 0 amide bonds. The van der Waals surface area contributed by atoms with Crippen molar-refractivity contribution in [2.45, 2.75) is 33.1 Å². The summed E-state index contributed by atoms with van der Waals surface area (Å²) in [6.45, 7) is 11.6. The summed E-state index contributed by atoms with van der Waals surface area (Å²) in [6.07, 6.45) is 15.6. The average molecular weight is 202 g/mol. The first kappa shape index (κ1) is 13.7. The van der Waals surface area contributed by atoms with Gasteiger partial charge in [0.2, 0.25) is 0 Å². The minimum absolute atomic E-state index is 0.995. The minimum Gasteiger partial charge on any atom is -0.0991 e. The molecule has 0 heterocycles. The van der Waals surface area contributed by atoms with Crippen LogP contribution in [0.5, 0.6) is 0 Å². The monoisotopic (exact) mass is 202 g/mol. The van der Waals surface area contributed by atoms with Gasteiger partial charge in [0.25, 0.3) is 0 Å². The molecule has 0 heteroatoms. The first-order chi connectivity index (χ1) is 7.33. The van der Waals surface area contributed by atoms with Gasteiger partial charge in [0.05, 0.1) is 0 Å². The zero-order chi connectivity index (χ0) is 11.5. The highest BCUT2D eigenvalue weighted by molar-refractivity contribution is 5.28. The summed E-state index contributed by atoms with van der Waals surface area (Å²) in [7, 11) is 0. The van der Waals surface area contributed by atoms with E-state index < -0.39 is 0 Å². The Morgan fingerprint density at radius 2 is 2.20 bits per heavy atom. The summed E-state index contributed by atoms with van der Waals surface area (Å²) in [5, 5.41) is 0. The zero-order valence-electron chi connectivity index (χ0n) is 10.00. The molecule has 0 saturated carbocycles. The molecule has 0 spiro atoms. The lowest BCUT2D eigenvalue weighted by atomic mass is 9.98. The lowest BCUT2D eigenvalue weighted by Gasteiger charge is -2.08. The average Bonchev–Trinajstić information content (AvgIpc) is 2.30. The molecule has 1 aliphatic carbocycles. The quantitative estimate of drug-likeness (QED) is 0.564. The van der Waals surface area contributed by atoms with Crippen LogP contribution in [0.4, 0.5) is 0 Å². The Hall–Kier alpha value is -1.30. The standard InChI is InChI=1S/C13H16.C2H6/c1-3-4-8-12(2)11-13-9-6-5-7-10-13;1-2/h3-6,8-9H,1-2,7,10-11H2;1-2H3/b8-4-;. The Labute approximate surface area is 94.4 Å². The van der Waals surface area contributed by atoms with Gasteiger partial charge >= 0.3 is 0 Å². The fourth-order valence-corrected chi connectivity index (χ4v) is 1.35. The lowest BCUT2D eigenvalue weighted by Crippen LogP contribution is -1.88. The molecule has 1 aliphatic rings. The third-order valence-electron chi connectivity index (χ3n) is 2.02. The normalized spacial score (nSPS) is 14.1. The van der Waals surface area contributed by atoms with Crippen molar-refractivity contribution in [2.75, 3.05) is 0 Å². The minimum atomic E-state index is 0.995. The van der Waals surface area contributed by atoms with Crippen LogP contribution in [0, 0.1) is 0 Å². The molecule has 0 aliphatic heterocycles. The van der Waals surface area contributed by atoms with Gasteiger partial charge in [0.1, 0.15) is 0 Å². The highest BCUT2D eigenvalue weighted by Crippen LogP contribution is 2.19. The molecule has 82 valence electrons. The fraction of sp³-hybridized carbons (Fsp3) is 0.333. The summed E-state index contributed by atoms with van der Waals surface area (Å²) in [6, 6.07) is 0. The molecule has 0 unspecified atom stereocenters. The van der Waals surface area contributed by atoms with Crippen LogP contribution in [0.1, 0.15) is 33.1 Å². The summed E-state index contributed by atoms with van der Waals surface area (Å²) in [4.78, 5) is 0. The Morgan fingerprint density at radius 3 is 2.73 bits per heavy atom. The van der Waals surface area contributed by atoms with Gasteiger partial charge < -0.3 is 0 Å². The second-order valence-electron chi connectivity index (χ2n) is 3.22. The van der Waals surface area contributed by atoms with Crippen molar-refractivity contribution in [1.29, 1.82) is 0 Å². The maximum Gasteiger partial charge on any atom is -0.00697 e. The second kappa shape index (κ2) is 9.26. The van der Waals surface area contributed by atoms with E-state index in [0.717, 1.165) is 12.0 Å². The Kier molecular flexibility index (Phi) is 8.46. The highest BCUT2D eigenvalue weighted by atomic mass is 14.0. The van der Waals surface area contributed by atoms with Crippen molar-refractivity contribution in [3.8, 4) is 0 Å². The van der Waals surface area contributed by atoms with E-state index in [1.165, 1.54) is 18.4 Å². The molecule has 15 heavy (non-hydrogen) atoms. The predicted molar refractivity (Wildman–Crippen MR) is 70.9 cm³/mol. The first-order valence-electron chi connectivity index (χ1n) is 5.64. The van der Waals surface area contributed by atoms with Crippen molar-refractivity contribution < 1.29 is 0 Å². The SMILES string of the molecule is C=C/C=C\C(=C)CC1=CC=CCC1.CC. The molecular formula is C15H22. The van der Waals surface area contributed by atoms with Gasteiger partial charge in [-0.15, -0.1) is 0 Å². The largest absolute Gasteiger partial charge is 0.0991 e. The number of hydrogen-bond acceptors (Lipinski definition) is 0. The maximum atomic E-state index is 3.99. The van der Waals surface area contributed by atoms with Crippen LogP contribution in [-0.2, 0) is 0 Å². The molecule has 1 rings (SSSR count). The number of hydrogen-bond donors (Lipinski definition) is 0. The molecule has 0 aromatic carbocycles. The van der Waals surface area contributed by atoms with Crippen LogP contribution in [0.25, 0.3) is 0 Å². The summed E-state index contributed by atoms with van der Waals surface area (Å²) < 4.78 is 0. The van der Waals surface area contributed by atoms with Crippen LogP contribution < -0.4 is 0 Å². The Bertz CT molecular complexity index is 274. The van der Waals surface area contributed by atoms with Crippen molar-refractivity contribution >= 4 is 0 Å². The van der Waals surface area contributed by atoms with Gasteiger partial charge in [-0.05, 0) is 19.3 Å². The first-order valence-corrected chi connectivity index (χ1v) is 5.64. The lowest BCUT2D eigenvalue weighted by molar-refractivity contribution is 0.914. The third-order valence-corrected chi connectivity index (χ3v) is 2.02. The third kappa shape index (κ3) is 6.73.